The molecule has 1 heterocycles. The van der Waals surface area contributed by atoms with Crippen LogP contribution in [0.2, 0.25) is 0 Å². The Balaban J connectivity index is 2.89. The zero-order valence-electron chi connectivity index (χ0n) is 8.16. The number of aromatic nitrogens is 2. The normalized spacial score (nSPS) is 11.6. The number of rotatable bonds is 5. The summed E-state index contributed by atoms with van der Waals surface area (Å²) in [5.74, 6) is -0.161. The van der Waals surface area contributed by atoms with E-state index in [-0.39, 0.29) is 16.7 Å². The summed E-state index contributed by atoms with van der Waals surface area (Å²) >= 11 is 5.42. The molecule has 0 fully saturated rings. The molecule has 1 rings (SSSR count). The topological polar surface area (TPSA) is 91.0 Å². The molecule has 1 N–H and O–H groups in total. The smallest absolute Gasteiger partial charge is 0.258 e. The molecular weight excluding hydrogens is 260 g/mol. The van der Waals surface area contributed by atoms with Gasteiger partial charge in [-0.1, -0.05) is 16.8 Å². The van der Waals surface area contributed by atoms with Gasteiger partial charge in [-0.05, 0) is 0 Å². The second kappa shape index (κ2) is 5.99. The Morgan fingerprint density at radius 1 is 1.53 bits per heavy atom. The molecule has 1 aromatic rings. The third kappa shape index (κ3) is 3.55. The SMILES string of the molecule is O=NN(CC(F)F)c1cnc(C(Cl)=NO)cn1. The van der Waals surface area contributed by atoms with Crippen molar-refractivity contribution < 1.29 is 14.0 Å². The number of hydrogen-bond donors (Lipinski definition) is 1. The van der Waals surface area contributed by atoms with Crippen LogP contribution in [0.5, 0.6) is 0 Å². The average Bonchev–Trinajstić information content (AvgIpc) is 2.35. The van der Waals surface area contributed by atoms with E-state index in [1.807, 2.05) is 0 Å². The maximum absolute atomic E-state index is 12.1. The van der Waals surface area contributed by atoms with Crippen LogP contribution in [0.4, 0.5) is 14.6 Å². The number of anilines is 1. The maximum atomic E-state index is 12.1. The van der Waals surface area contributed by atoms with Crippen LogP contribution in [0.25, 0.3) is 0 Å². The molecule has 0 unspecified atom stereocenters. The fraction of sp³-hybridized carbons (Fsp3) is 0.286. The number of nitrogens with zero attached hydrogens (tertiary/aromatic N) is 5. The molecule has 0 spiro atoms. The van der Waals surface area contributed by atoms with Crippen LogP contribution >= 0.6 is 11.6 Å². The van der Waals surface area contributed by atoms with Gasteiger partial charge in [-0.3, -0.25) is 0 Å². The lowest BCUT2D eigenvalue weighted by atomic mass is 10.5. The van der Waals surface area contributed by atoms with Crippen molar-refractivity contribution in [1.29, 1.82) is 0 Å². The molecule has 0 aliphatic rings. The van der Waals surface area contributed by atoms with E-state index in [4.69, 9.17) is 16.8 Å². The van der Waals surface area contributed by atoms with Gasteiger partial charge >= 0.3 is 0 Å². The molecule has 0 aliphatic carbocycles. The minimum atomic E-state index is -2.74. The Morgan fingerprint density at radius 3 is 2.65 bits per heavy atom. The van der Waals surface area contributed by atoms with Crippen molar-refractivity contribution in [1.82, 2.24) is 9.97 Å². The molecule has 0 saturated carbocycles. The zero-order chi connectivity index (χ0) is 12.8. The van der Waals surface area contributed by atoms with Crippen LogP contribution < -0.4 is 5.01 Å². The molecule has 0 aromatic carbocycles. The summed E-state index contributed by atoms with van der Waals surface area (Å²) in [4.78, 5) is 17.6. The third-order valence-electron chi connectivity index (χ3n) is 1.61. The van der Waals surface area contributed by atoms with Crippen LogP contribution in [0.3, 0.4) is 0 Å². The fourth-order valence-corrected chi connectivity index (χ4v) is 1.01. The summed E-state index contributed by atoms with van der Waals surface area (Å²) in [6, 6.07) is 0. The summed E-state index contributed by atoms with van der Waals surface area (Å²) in [6.45, 7) is -0.890. The second-order valence-corrected chi connectivity index (χ2v) is 3.06. The molecule has 0 radical (unpaired) electrons. The van der Waals surface area contributed by atoms with Gasteiger partial charge in [0.15, 0.2) is 11.0 Å². The lowest BCUT2D eigenvalue weighted by Crippen LogP contribution is -2.23. The highest BCUT2D eigenvalue weighted by Gasteiger charge is 2.15. The Bertz CT molecular complexity index is 413. The average molecular weight is 266 g/mol. The first kappa shape index (κ1) is 13.2. The maximum Gasteiger partial charge on any atom is 0.258 e. The van der Waals surface area contributed by atoms with Crippen LogP contribution in [0, 0.1) is 4.91 Å². The number of alkyl halides is 2. The summed E-state index contributed by atoms with van der Waals surface area (Å²) in [7, 11) is 0. The predicted octanol–water partition coefficient (Wildman–Crippen LogP) is 1.60. The van der Waals surface area contributed by atoms with Crippen molar-refractivity contribution >= 4 is 22.6 Å². The molecule has 17 heavy (non-hydrogen) atoms. The number of hydrogen-bond acceptors (Lipinski definition) is 6. The monoisotopic (exact) mass is 265 g/mol. The first-order valence-corrected chi connectivity index (χ1v) is 4.55. The van der Waals surface area contributed by atoms with Crippen molar-refractivity contribution in [2.45, 2.75) is 6.43 Å². The van der Waals surface area contributed by atoms with Crippen molar-refractivity contribution in [3.8, 4) is 0 Å². The number of nitroso groups, excluding NO2 is 1. The molecule has 0 saturated heterocycles. The van der Waals surface area contributed by atoms with E-state index < -0.39 is 13.0 Å². The van der Waals surface area contributed by atoms with Gasteiger partial charge in [0.1, 0.15) is 12.2 Å². The van der Waals surface area contributed by atoms with Crippen LogP contribution in [-0.2, 0) is 0 Å². The molecule has 7 nitrogen and oxygen atoms in total. The van der Waals surface area contributed by atoms with E-state index >= 15 is 0 Å². The quantitative estimate of drug-likeness (QED) is 0.378. The fourth-order valence-electron chi connectivity index (χ4n) is 0.912. The van der Waals surface area contributed by atoms with Crippen LogP contribution in [0.1, 0.15) is 5.69 Å². The largest absolute Gasteiger partial charge is 0.410 e. The number of halogens is 3. The lowest BCUT2D eigenvalue weighted by Gasteiger charge is -2.12. The minimum absolute atomic E-state index is 0.0285. The van der Waals surface area contributed by atoms with E-state index in [1.54, 1.807) is 0 Å². The van der Waals surface area contributed by atoms with Gasteiger partial charge in [0, 0.05) is 0 Å². The molecule has 0 atom stereocenters. The highest BCUT2D eigenvalue weighted by molar-refractivity contribution is 6.69. The van der Waals surface area contributed by atoms with E-state index in [0.29, 0.717) is 5.01 Å². The number of oxime groups is 1. The molecule has 0 bridgehead atoms. The van der Waals surface area contributed by atoms with Crippen molar-refractivity contribution in [3.63, 3.8) is 0 Å². The van der Waals surface area contributed by atoms with Gasteiger partial charge in [0.2, 0.25) is 0 Å². The van der Waals surface area contributed by atoms with Gasteiger partial charge in [0.25, 0.3) is 6.43 Å². The van der Waals surface area contributed by atoms with Gasteiger partial charge in [-0.2, -0.15) is 0 Å². The van der Waals surface area contributed by atoms with Crippen molar-refractivity contribution in [2.75, 3.05) is 11.6 Å². The Kier molecular flexibility index (Phi) is 4.64. The summed E-state index contributed by atoms with van der Waals surface area (Å²) < 4.78 is 24.1. The Labute approximate surface area is 98.7 Å². The van der Waals surface area contributed by atoms with E-state index in [0.717, 1.165) is 12.4 Å². The van der Waals surface area contributed by atoms with E-state index in [9.17, 15) is 13.7 Å². The van der Waals surface area contributed by atoms with E-state index in [1.165, 1.54) is 0 Å². The first-order valence-electron chi connectivity index (χ1n) is 4.17. The minimum Gasteiger partial charge on any atom is -0.410 e. The van der Waals surface area contributed by atoms with Gasteiger partial charge < -0.3 is 5.21 Å². The second-order valence-electron chi connectivity index (χ2n) is 2.71. The van der Waals surface area contributed by atoms with Gasteiger partial charge in [0.05, 0.1) is 17.7 Å². The summed E-state index contributed by atoms with van der Waals surface area (Å²) in [5.41, 5.74) is 0.0285. The highest BCUT2D eigenvalue weighted by atomic mass is 35.5. The molecule has 1 aromatic heterocycles. The highest BCUT2D eigenvalue weighted by Crippen LogP contribution is 2.12. The molecule has 92 valence electrons. The molecule has 0 amide bonds. The third-order valence-corrected chi connectivity index (χ3v) is 1.88. The van der Waals surface area contributed by atoms with Gasteiger partial charge in [-0.15, -0.1) is 4.91 Å². The standard InChI is InChI=1S/C7H6ClF2N5O2/c8-7(13-16)4-1-12-6(2-11-4)15(14-17)3-5(9)10/h1-2,5,16H,3H2. The zero-order valence-corrected chi connectivity index (χ0v) is 8.92. The Morgan fingerprint density at radius 2 is 2.24 bits per heavy atom. The summed E-state index contributed by atoms with van der Waals surface area (Å²) in [5, 5.41) is 13.5. The molecule has 0 aliphatic heterocycles. The molecular formula is C7H6ClF2N5O2. The lowest BCUT2D eigenvalue weighted by molar-refractivity contribution is 0.154. The Hall–Kier alpha value is -1.90. The van der Waals surface area contributed by atoms with Crippen LogP contribution in [0.15, 0.2) is 22.8 Å². The van der Waals surface area contributed by atoms with E-state index in [2.05, 4.69) is 20.4 Å². The van der Waals surface area contributed by atoms with Crippen molar-refractivity contribution in [2.24, 2.45) is 10.4 Å². The first-order chi connectivity index (χ1) is 8.08. The predicted molar refractivity (Wildman–Crippen MR) is 55.4 cm³/mol. The van der Waals surface area contributed by atoms with Crippen LogP contribution in [-0.4, -0.2) is 33.3 Å². The summed E-state index contributed by atoms with van der Waals surface area (Å²) in [6.07, 6.45) is -0.676. The van der Waals surface area contributed by atoms with Gasteiger partial charge in [-0.25, -0.2) is 23.8 Å². The molecule has 10 heteroatoms. The van der Waals surface area contributed by atoms with Crippen molar-refractivity contribution in [3.05, 3.63) is 23.0 Å².